The number of esters is 2. The first-order valence-electron chi connectivity index (χ1n) is 12.9. The summed E-state index contributed by atoms with van der Waals surface area (Å²) in [6.45, 7) is 2.71. The van der Waals surface area contributed by atoms with E-state index in [4.69, 9.17) is 9.47 Å². The molecule has 6 nitrogen and oxygen atoms in total. The van der Waals surface area contributed by atoms with Gasteiger partial charge >= 0.3 is 24.3 Å². The minimum absolute atomic E-state index is 0.0252. The summed E-state index contributed by atoms with van der Waals surface area (Å²) in [6, 6.07) is 7.73. The third-order valence-electron chi connectivity index (χ3n) is 6.41. The van der Waals surface area contributed by atoms with Gasteiger partial charge in [0.25, 0.3) is 0 Å². The fourth-order valence-corrected chi connectivity index (χ4v) is 4.16. The monoisotopic (exact) mass is 588 g/mol. The Morgan fingerprint density at radius 3 is 1.17 bits per heavy atom. The predicted octanol–water partition coefficient (Wildman–Crippen LogP) is 6.01. The smallest absolute Gasteiger partial charge is 0.411 e. The van der Waals surface area contributed by atoms with Gasteiger partial charge in [0.2, 0.25) is 17.0 Å². The molecule has 2 aromatic carbocycles. The van der Waals surface area contributed by atoms with Crippen LogP contribution in [-0.2, 0) is 46.9 Å². The van der Waals surface area contributed by atoms with Crippen LogP contribution in [-0.4, -0.2) is 49.1 Å². The molecular formula is C29H30F6O6. The van der Waals surface area contributed by atoms with E-state index in [0.717, 1.165) is 48.5 Å². The quantitative estimate of drug-likeness (QED) is 0.116. The van der Waals surface area contributed by atoms with E-state index in [-0.39, 0.29) is 51.7 Å². The molecule has 0 heterocycles. The van der Waals surface area contributed by atoms with Crippen molar-refractivity contribution in [3.05, 3.63) is 70.8 Å². The Hall–Kier alpha value is -3.70. The van der Waals surface area contributed by atoms with E-state index in [1.54, 1.807) is 0 Å². The number of hydrogen-bond acceptors (Lipinski definition) is 6. The van der Waals surface area contributed by atoms with Crippen LogP contribution in [0.25, 0.3) is 0 Å². The SMILES string of the molecule is CCC(=O)C(=O)OCCCc1ccc(C(c2ccc(CCCOC(=O)C(=O)CC)cc2)(C(F)(F)F)C(F)(F)F)cc1. The number of aryl methyl sites for hydroxylation is 2. The number of ether oxygens (including phenoxy) is 2. The number of halogens is 6. The van der Waals surface area contributed by atoms with Gasteiger partial charge in [0, 0.05) is 12.8 Å². The van der Waals surface area contributed by atoms with Crippen molar-refractivity contribution < 1.29 is 55.0 Å². The Bertz CT molecular complexity index is 1100. The second kappa shape index (κ2) is 14.3. The van der Waals surface area contributed by atoms with Gasteiger partial charge in [-0.15, -0.1) is 0 Å². The fourth-order valence-electron chi connectivity index (χ4n) is 4.16. The molecule has 0 bridgehead atoms. The Kier molecular flexibility index (Phi) is 11.7. The van der Waals surface area contributed by atoms with Gasteiger partial charge in [0.1, 0.15) is 0 Å². The van der Waals surface area contributed by atoms with Crippen LogP contribution >= 0.6 is 0 Å². The van der Waals surface area contributed by atoms with Crippen LogP contribution in [0, 0.1) is 0 Å². The lowest BCUT2D eigenvalue weighted by Gasteiger charge is -2.38. The molecule has 0 saturated carbocycles. The highest BCUT2D eigenvalue weighted by atomic mass is 19.4. The van der Waals surface area contributed by atoms with Crippen LogP contribution in [0.4, 0.5) is 26.3 Å². The third-order valence-corrected chi connectivity index (χ3v) is 6.41. The van der Waals surface area contributed by atoms with Gasteiger partial charge in [-0.1, -0.05) is 62.4 Å². The molecule has 0 amide bonds. The Morgan fingerprint density at radius 1 is 0.585 bits per heavy atom. The van der Waals surface area contributed by atoms with Crippen LogP contribution in [0.1, 0.15) is 61.8 Å². The molecule has 0 aromatic heterocycles. The molecular weight excluding hydrogens is 558 g/mol. The van der Waals surface area contributed by atoms with E-state index in [0.29, 0.717) is 11.1 Å². The Morgan fingerprint density at radius 2 is 0.902 bits per heavy atom. The summed E-state index contributed by atoms with van der Waals surface area (Å²) in [5, 5.41) is 0. The first kappa shape index (κ1) is 33.5. The summed E-state index contributed by atoms with van der Waals surface area (Å²) in [6.07, 6.45) is -10.7. The number of carbonyl (C=O) groups is 4. The highest BCUT2D eigenvalue weighted by molar-refractivity contribution is 6.33. The van der Waals surface area contributed by atoms with Crippen molar-refractivity contribution in [2.24, 2.45) is 0 Å². The van der Waals surface area contributed by atoms with Gasteiger partial charge < -0.3 is 9.47 Å². The summed E-state index contributed by atoms with van der Waals surface area (Å²) >= 11 is 0. The lowest BCUT2D eigenvalue weighted by molar-refractivity contribution is -0.288. The molecule has 41 heavy (non-hydrogen) atoms. The number of alkyl halides is 6. The molecule has 0 radical (unpaired) electrons. The molecule has 0 fully saturated rings. The van der Waals surface area contributed by atoms with E-state index in [1.807, 2.05) is 0 Å². The number of hydrogen-bond donors (Lipinski definition) is 0. The van der Waals surface area contributed by atoms with Crippen molar-refractivity contribution in [1.82, 2.24) is 0 Å². The van der Waals surface area contributed by atoms with Crippen LogP contribution in [0.2, 0.25) is 0 Å². The number of rotatable bonds is 14. The standard InChI is InChI=1S/C29H30F6O6/c1-3-23(36)25(38)40-17-5-7-19-9-13-21(14-10-19)27(28(30,31)32,29(33,34)35)22-15-11-20(12-16-22)8-6-18-41-26(39)24(37)4-2/h9-16H,3-8,17-18H2,1-2H3. The number of carbonyl (C=O) groups excluding carboxylic acids is 4. The molecule has 0 aliphatic carbocycles. The maximum Gasteiger partial charge on any atom is 0.411 e. The molecule has 12 heteroatoms. The van der Waals surface area contributed by atoms with Crippen LogP contribution in [0.3, 0.4) is 0 Å². The molecule has 2 rings (SSSR count). The van der Waals surface area contributed by atoms with Gasteiger partial charge in [-0.2, -0.15) is 26.3 Å². The minimum Gasteiger partial charge on any atom is -0.460 e. The molecule has 0 aliphatic rings. The van der Waals surface area contributed by atoms with Gasteiger partial charge in [-0.3, -0.25) is 9.59 Å². The summed E-state index contributed by atoms with van der Waals surface area (Å²) in [5.41, 5.74) is -5.49. The van der Waals surface area contributed by atoms with Crippen LogP contribution in [0.5, 0.6) is 0 Å². The van der Waals surface area contributed by atoms with Crippen LogP contribution in [0.15, 0.2) is 48.5 Å². The highest BCUT2D eigenvalue weighted by Gasteiger charge is 2.72. The summed E-state index contributed by atoms with van der Waals surface area (Å²) in [5.74, 6) is -3.41. The molecule has 0 N–H and O–H groups in total. The Labute approximate surface area is 233 Å². The normalized spacial score (nSPS) is 12.1. The van der Waals surface area contributed by atoms with Gasteiger partial charge in [0.05, 0.1) is 13.2 Å². The fraction of sp³-hybridized carbons (Fsp3) is 0.448. The average molecular weight is 589 g/mol. The second-order valence-electron chi connectivity index (χ2n) is 9.17. The maximum atomic E-state index is 14.4. The lowest BCUT2D eigenvalue weighted by Crippen LogP contribution is -2.54. The van der Waals surface area contributed by atoms with Gasteiger partial charge in [0.15, 0.2) is 0 Å². The average Bonchev–Trinajstić information content (AvgIpc) is 2.92. The number of benzene rings is 2. The van der Waals surface area contributed by atoms with Crippen molar-refractivity contribution in [1.29, 1.82) is 0 Å². The van der Waals surface area contributed by atoms with E-state index in [2.05, 4.69) is 0 Å². The maximum absolute atomic E-state index is 14.4. The van der Waals surface area contributed by atoms with E-state index >= 15 is 0 Å². The Balaban J connectivity index is 2.23. The largest absolute Gasteiger partial charge is 0.460 e. The highest BCUT2D eigenvalue weighted by Crippen LogP contribution is 2.56. The molecule has 224 valence electrons. The summed E-state index contributed by atoms with van der Waals surface area (Å²) in [7, 11) is 0. The topological polar surface area (TPSA) is 86.7 Å². The van der Waals surface area contributed by atoms with Crippen molar-refractivity contribution in [3.63, 3.8) is 0 Å². The third kappa shape index (κ3) is 8.17. The molecule has 0 saturated heterocycles. The van der Waals surface area contributed by atoms with Crippen molar-refractivity contribution >= 4 is 23.5 Å². The minimum atomic E-state index is -5.74. The predicted molar refractivity (Wildman–Crippen MR) is 135 cm³/mol. The first-order chi connectivity index (χ1) is 19.2. The molecule has 0 unspecified atom stereocenters. The number of ketones is 2. The summed E-state index contributed by atoms with van der Waals surface area (Å²) < 4.78 is 96.0. The van der Waals surface area contributed by atoms with Crippen molar-refractivity contribution in [2.75, 3.05) is 13.2 Å². The zero-order chi connectivity index (χ0) is 30.8. The van der Waals surface area contributed by atoms with E-state index in [9.17, 15) is 45.5 Å². The zero-order valence-electron chi connectivity index (χ0n) is 22.5. The van der Waals surface area contributed by atoms with Crippen molar-refractivity contribution in [3.8, 4) is 0 Å². The van der Waals surface area contributed by atoms with Crippen molar-refractivity contribution in [2.45, 2.75) is 70.1 Å². The first-order valence-corrected chi connectivity index (χ1v) is 12.9. The molecule has 0 aliphatic heterocycles. The molecule has 0 spiro atoms. The molecule has 2 aromatic rings. The van der Waals surface area contributed by atoms with Gasteiger partial charge in [-0.25, -0.2) is 9.59 Å². The number of Topliss-reactive ketones (excluding diaryl/α,β-unsaturated/α-hetero) is 2. The van der Waals surface area contributed by atoms with Crippen LogP contribution < -0.4 is 0 Å². The van der Waals surface area contributed by atoms with E-state index < -0.39 is 52.4 Å². The zero-order valence-corrected chi connectivity index (χ0v) is 22.5. The van der Waals surface area contributed by atoms with Gasteiger partial charge in [-0.05, 0) is 47.9 Å². The summed E-state index contributed by atoms with van der Waals surface area (Å²) in [4.78, 5) is 45.2. The lowest BCUT2D eigenvalue weighted by atomic mass is 9.72. The molecule has 0 atom stereocenters. The van der Waals surface area contributed by atoms with E-state index in [1.165, 1.54) is 13.8 Å². The second-order valence-corrected chi connectivity index (χ2v) is 9.17.